The number of halogens is 1. The molecule has 4 nitrogen and oxygen atoms in total. The summed E-state index contributed by atoms with van der Waals surface area (Å²) in [6.07, 6.45) is 0.731. The Balaban J connectivity index is 2.39. The normalized spacial score (nSPS) is 22.1. The van der Waals surface area contributed by atoms with E-state index in [0.717, 1.165) is 5.56 Å². The van der Waals surface area contributed by atoms with Crippen LogP contribution in [-0.2, 0) is 10.0 Å². The Bertz CT molecular complexity index is 544. The fraction of sp³-hybridized carbons (Fsp3) is 0.500. The molecule has 1 atom stereocenters. The van der Waals surface area contributed by atoms with Crippen LogP contribution in [0.4, 0.5) is 0 Å². The van der Waals surface area contributed by atoms with Crippen LogP contribution in [0.5, 0.6) is 0 Å². The number of rotatable bonds is 2. The molecule has 1 aliphatic heterocycles. The van der Waals surface area contributed by atoms with E-state index >= 15 is 0 Å². The molecule has 6 heteroatoms. The van der Waals surface area contributed by atoms with Gasteiger partial charge in [-0.2, -0.15) is 4.31 Å². The summed E-state index contributed by atoms with van der Waals surface area (Å²) in [5.41, 5.74) is 0.732. The Labute approximate surface area is 112 Å². The summed E-state index contributed by atoms with van der Waals surface area (Å²) in [5, 5.41) is 9.84. The molecule has 1 aromatic rings. The quantitative estimate of drug-likeness (QED) is 0.903. The Kier molecular flexibility index (Phi) is 3.96. The number of piperidine rings is 1. The maximum Gasteiger partial charge on any atom is 0.244 e. The zero-order valence-electron chi connectivity index (χ0n) is 10.1. The van der Waals surface area contributed by atoms with Gasteiger partial charge in [-0.05, 0) is 31.4 Å². The minimum absolute atomic E-state index is 0.123. The van der Waals surface area contributed by atoms with Gasteiger partial charge in [0.2, 0.25) is 10.0 Å². The van der Waals surface area contributed by atoms with Crippen molar-refractivity contribution in [1.82, 2.24) is 4.31 Å². The second-order valence-corrected chi connectivity index (χ2v) is 6.83. The molecule has 0 amide bonds. The van der Waals surface area contributed by atoms with E-state index in [4.69, 9.17) is 11.6 Å². The largest absolute Gasteiger partial charge is 0.392 e. The molecule has 1 unspecified atom stereocenters. The van der Waals surface area contributed by atoms with E-state index in [0.29, 0.717) is 19.4 Å². The minimum Gasteiger partial charge on any atom is -0.392 e. The number of hydrogen-bond acceptors (Lipinski definition) is 3. The summed E-state index contributed by atoms with van der Waals surface area (Å²) in [7, 11) is -3.61. The molecule has 1 aromatic carbocycles. The summed E-state index contributed by atoms with van der Waals surface area (Å²) in [4.78, 5) is 0.123. The molecule has 0 aliphatic carbocycles. The van der Waals surface area contributed by atoms with Gasteiger partial charge in [-0.15, -0.1) is 0 Å². The Morgan fingerprint density at radius 1 is 1.44 bits per heavy atom. The number of aliphatic hydroxyl groups is 1. The molecule has 1 heterocycles. The number of benzene rings is 1. The van der Waals surface area contributed by atoms with Crippen LogP contribution in [-0.4, -0.2) is 37.0 Å². The average molecular weight is 290 g/mol. The third-order valence-corrected chi connectivity index (χ3v) is 5.65. The predicted octanol–water partition coefficient (Wildman–Crippen LogP) is 1.79. The molecule has 0 saturated carbocycles. The topological polar surface area (TPSA) is 57.6 Å². The summed E-state index contributed by atoms with van der Waals surface area (Å²) < 4.78 is 26.2. The van der Waals surface area contributed by atoms with Crippen LogP contribution in [0.2, 0.25) is 5.02 Å². The van der Waals surface area contributed by atoms with Gasteiger partial charge in [0.05, 0.1) is 11.1 Å². The lowest BCUT2D eigenvalue weighted by Gasteiger charge is -2.29. The highest BCUT2D eigenvalue weighted by Crippen LogP contribution is 2.28. The van der Waals surface area contributed by atoms with Crippen LogP contribution < -0.4 is 0 Å². The summed E-state index contributed by atoms with van der Waals surface area (Å²) in [6, 6.07) is 4.95. The van der Waals surface area contributed by atoms with Gasteiger partial charge in [0.15, 0.2) is 0 Å². The lowest BCUT2D eigenvalue weighted by atomic mass is 10.1. The van der Waals surface area contributed by atoms with Gasteiger partial charge in [0, 0.05) is 13.1 Å². The van der Waals surface area contributed by atoms with Gasteiger partial charge >= 0.3 is 0 Å². The SMILES string of the molecule is Cc1cccc(S(=O)(=O)N2CCCC(O)C2)c1Cl. The van der Waals surface area contributed by atoms with E-state index < -0.39 is 16.1 Å². The molecule has 0 bridgehead atoms. The molecule has 0 aromatic heterocycles. The van der Waals surface area contributed by atoms with Crippen LogP contribution in [0.25, 0.3) is 0 Å². The molecule has 1 N–H and O–H groups in total. The predicted molar refractivity (Wildman–Crippen MR) is 70.2 cm³/mol. The van der Waals surface area contributed by atoms with Crippen molar-refractivity contribution in [2.24, 2.45) is 0 Å². The van der Waals surface area contributed by atoms with Crippen LogP contribution in [0.1, 0.15) is 18.4 Å². The van der Waals surface area contributed by atoms with Crippen molar-refractivity contribution < 1.29 is 13.5 Å². The van der Waals surface area contributed by atoms with Crippen LogP contribution in [0.3, 0.4) is 0 Å². The third kappa shape index (κ3) is 2.54. The van der Waals surface area contributed by atoms with Crippen LogP contribution in [0.15, 0.2) is 23.1 Å². The first-order chi connectivity index (χ1) is 8.43. The first kappa shape index (κ1) is 13.8. The third-order valence-electron chi connectivity index (χ3n) is 3.13. The van der Waals surface area contributed by atoms with Gasteiger partial charge in [-0.3, -0.25) is 0 Å². The highest BCUT2D eigenvalue weighted by atomic mass is 35.5. The van der Waals surface area contributed by atoms with E-state index in [1.165, 1.54) is 10.4 Å². The number of nitrogens with zero attached hydrogens (tertiary/aromatic N) is 1. The fourth-order valence-corrected chi connectivity index (χ4v) is 4.17. The maximum atomic E-state index is 12.4. The lowest BCUT2D eigenvalue weighted by Crippen LogP contribution is -2.42. The molecular formula is C12H16ClNO3S. The fourth-order valence-electron chi connectivity index (χ4n) is 2.10. The van der Waals surface area contributed by atoms with Gasteiger partial charge in [-0.25, -0.2) is 8.42 Å². The molecule has 2 rings (SSSR count). The van der Waals surface area contributed by atoms with E-state index in [9.17, 15) is 13.5 Å². The molecule has 0 spiro atoms. The minimum atomic E-state index is -3.61. The van der Waals surface area contributed by atoms with E-state index in [2.05, 4.69) is 0 Å². The van der Waals surface area contributed by atoms with Crippen molar-refractivity contribution in [3.8, 4) is 0 Å². The van der Waals surface area contributed by atoms with Crippen LogP contribution in [0, 0.1) is 6.92 Å². The number of sulfonamides is 1. The second-order valence-electron chi connectivity index (χ2n) is 4.55. The molecule has 1 aliphatic rings. The molecular weight excluding hydrogens is 274 g/mol. The highest BCUT2D eigenvalue weighted by molar-refractivity contribution is 7.89. The van der Waals surface area contributed by atoms with Crippen molar-refractivity contribution in [1.29, 1.82) is 0 Å². The van der Waals surface area contributed by atoms with Crippen molar-refractivity contribution >= 4 is 21.6 Å². The number of aliphatic hydroxyl groups excluding tert-OH is 1. The van der Waals surface area contributed by atoms with Gasteiger partial charge < -0.3 is 5.11 Å². The summed E-state index contributed by atoms with van der Waals surface area (Å²) >= 11 is 6.07. The molecule has 1 saturated heterocycles. The molecule has 18 heavy (non-hydrogen) atoms. The Hall–Kier alpha value is -0.620. The maximum absolute atomic E-state index is 12.4. The average Bonchev–Trinajstić information content (AvgIpc) is 2.32. The molecule has 100 valence electrons. The summed E-state index contributed by atoms with van der Waals surface area (Å²) in [6.45, 7) is 2.35. The Morgan fingerprint density at radius 3 is 2.83 bits per heavy atom. The standard InChI is InChI=1S/C12H16ClNO3S/c1-9-4-2-6-11(12(9)13)18(16,17)14-7-3-5-10(15)8-14/h2,4,6,10,15H,3,5,7-8H2,1H3. The Morgan fingerprint density at radius 2 is 2.17 bits per heavy atom. The van der Waals surface area contributed by atoms with Crippen LogP contribution >= 0.6 is 11.6 Å². The number of β-amino-alcohol motifs (C(OH)–C–C–N with tert-alkyl or cyclic N) is 1. The number of hydrogen-bond donors (Lipinski definition) is 1. The lowest BCUT2D eigenvalue weighted by molar-refractivity contribution is 0.108. The smallest absolute Gasteiger partial charge is 0.244 e. The zero-order valence-corrected chi connectivity index (χ0v) is 11.7. The molecule has 0 radical (unpaired) electrons. The molecule has 1 fully saturated rings. The highest BCUT2D eigenvalue weighted by Gasteiger charge is 2.31. The van der Waals surface area contributed by atoms with Crippen molar-refractivity contribution in [3.63, 3.8) is 0 Å². The second kappa shape index (κ2) is 5.17. The number of aryl methyl sites for hydroxylation is 1. The van der Waals surface area contributed by atoms with E-state index in [1.54, 1.807) is 19.1 Å². The van der Waals surface area contributed by atoms with Crippen molar-refractivity contribution in [2.75, 3.05) is 13.1 Å². The van der Waals surface area contributed by atoms with E-state index in [1.807, 2.05) is 0 Å². The van der Waals surface area contributed by atoms with E-state index in [-0.39, 0.29) is 16.5 Å². The van der Waals surface area contributed by atoms with Crippen molar-refractivity contribution in [3.05, 3.63) is 28.8 Å². The zero-order chi connectivity index (χ0) is 13.3. The van der Waals surface area contributed by atoms with Gasteiger partial charge in [0.25, 0.3) is 0 Å². The monoisotopic (exact) mass is 289 g/mol. The van der Waals surface area contributed by atoms with Gasteiger partial charge in [-0.1, -0.05) is 23.7 Å². The summed E-state index contributed by atoms with van der Waals surface area (Å²) in [5.74, 6) is 0. The first-order valence-corrected chi connectivity index (χ1v) is 7.68. The first-order valence-electron chi connectivity index (χ1n) is 5.86. The van der Waals surface area contributed by atoms with Crippen molar-refractivity contribution in [2.45, 2.75) is 30.8 Å². The van der Waals surface area contributed by atoms with Gasteiger partial charge in [0.1, 0.15) is 4.90 Å².